The van der Waals surface area contributed by atoms with Crippen LogP contribution in [0, 0.1) is 25.2 Å². The Kier molecular flexibility index (Phi) is 3.99. The van der Waals surface area contributed by atoms with E-state index in [9.17, 15) is 8.42 Å². The Morgan fingerprint density at radius 2 is 2.26 bits per heavy atom. The van der Waals surface area contributed by atoms with Crippen molar-refractivity contribution >= 4 is 10.0 Å². The lowest BCUT2D eigenvalue weighted by Gasteiger charge is -2.19. The average molecular weight is 282 g/mol. The number of hydrogen-bond donors (Lipinski definition) is 1. The Morgan fingerprint density at radius 1 is 1.58 bits per heavy atom. The lowest BCUT2D eigenvalue weighted by Crippen LogP contribution is -2.33. The number of sulfonamides is 1. The molecule has 1 aliphatic carbocycles. The molecular weight excluding hydrogens is 264 g/mol. The molecule has 5 nitrogen and oxygen atoms in total. The molecule has 1 aliphatic rings. The maximum Gasteiger partial charge on any atom is 0.247 e. The van der Waals surface area contributed by atoms with Gasteiger partial charge in [0.05, 0.1) is 13.1 Å². The third kappa shape index (κ3) is 3.00. The van der Waals surface area contributed by atoms with Crippen molar-refractivity contribution in [1.29, 1.82) is 0 Å². The quantitative estimate of drug-likeness (QED) is 0.792. The largest absolute Gasteiger partial charge is 0.464 e. The first kappa shape index (κ1) is 14.1. The molecule has 1 aromatic rings. The van der Waals surface area contributed by atoms with Gasteiger partial charge in [-0.25, -0.2) is 8.42 Å². The molecule has 19 heavy (non-hydrogen) atoms. The van der Waals surface area contributed by atoms with E-state index in [-0.39, 0.29) is 18.0 Å². The van der Waals surface area contributed by atoms with E-state index in [1.54, 1.807) is 6.92 Å². The third-order valence-corrected chi connectivity index (χ3v) is 5.09. The van der Waals surface area contributed by atoms with Crippen LogP contribution in [0.25, 0.3) is 0 Å². The van der Waals surface area contributed by atoms with Crippen LogP contribution in [0.2, 0.25) is 0 Å². The molecule has 0 aromatic carbocycles. The first-order valence-electron chi connectivity index (χ1n) is 6.22. The fourth-order valence-electron chi connectivity index (χ4n) is 1.96. The van der Waals surface area contributed by atoms with Crippen LogP contribution in [0.1, 0.15) is 24.4 Å². The summed E-state index contributed by atoms with van der Waals surface area (Å²) in [5, 5.41) is 0. The van der Waals surface area contributed by atoms with Crippen LogP contribution in [0.15, 0.2) is 15.4 Å². The summed E-state index contributed by atoms with van der Waals surface area (Å²) in [6.07, 6.45) is 7.40. The van der Waals surface area contributed by atoms with Crippen molar-refractivity contribution in [3.05, 3.63) is 17.6 Å². The van der Waals surface area contributed by atoms with E-state index >= 15 is 0 Å². The zero-order chi connectivity index (χ0) is 14.0. The van der Waals surface area contributed by atoms with Crippen LogP contribution in [0.4, 0.5) is 0 Å². The van der Waals surface area contributed by atoms with Crippen LogP contribution in [-0.4, -0.2) is 25.8 Å². The predicted octanol–water partition coefficient (Wildman–Crippen LogP) is 1.08. The smallest absolute Gasteiger partial charge is 0.247 e. The Balaban J connectivity index is 2.31. The van der Waals surface area contributed by atoms with E-state index in [4.69, 9.17) is 16.6 Å². The van der Waals surface area contributed by atoms with Crippen molar-refractivity contribution in [3.63, 3.8) is 0 Å². The van der Waals surface area contributed by atoms with Gasteiger partial charge < -0.3 is 10.2 Å². The molecule has 0 spiro atoms. The predicted molar refractivity (Wildman–Crippen MR) is 71.7 cm³/mol. The minimum Gasteiger partial charge on any atom is -0.464 e. The summed E-state index contributed by atoms with van der Waals surface area (Å²) in [4.78, 5) is 0.170. The fourth-order valence-corrected chi connectivity index (χ4v) is 3.57. The highest BCUT2D eigenvalue weighted by Gasteiger charge is 2.33. The first-order chi connectivity index (χ1) is 8.98. The van der Waals surface area contributed by atoms with Gasteiger partial charge in [-0.05, 0) is 25.7 Å². The monoisotopic (exact) mass is 282 g/mol. The number of terminal acetylenes is 1. The van der Waals surface area contributed by atoms with Crippen LogP contribution in [0.3, 0.4) is 0 Å². The standard InChI is InChI=1S/C13H18N2O3S/c1-3-6-15(9-11-4-5-11)19(16,17)13-7-12(8-14)18-10(13)2/h1,7,11H,4-6,8-9,14H2,2H3. The van der Waals surface area contributed by atoms with E-state index in [0.717, 1.165) is 12.8 Å². The zero-order valence-electron chi connectivity index (χ0n) is 10.9. The van der Waals surface area contributed by atoms with E-state index in [2.05, 4.69) is 5.92 Å². The summed E-state index contributed by atoms with van der Waals surface area (Å²) in [6, 6.07) is 1.49. The maximum absolute atomic E-state index is 12.6. The van der Waals surface area contributed by atoms with Crippen molar-refractivity contribution in [2.24, 2.45) is 11.7 Å². The lowest BCUT2D eigenvalue weighted by molar-refractivity contribution is 0.426. The van der Waals surface area contributed by atoms with E-state index < -0.39 is 10.0 Å². The summed E-state index contributed by atoms with van der Waals surface area (Å²) in [7, 11) is -3.60. The topological polar surface area (TPSA) is 76.5 Å². The second-order valence-corrected chi connectivity index (χ2v) is 6.69. The molecule has 6 heteroatoms. The molecule has 0 saturated heterocycles. The minimum absolute atomic E-state index is 0.0847. The Labute approximate surface area is 113 Å². The SMILES string of the molecule is C#CCN(CC1CC1)S(=O)(=O)c1cc(CN)oc1C. The molecule has 1 heterocycles. The Morgan fingerprint density at radius 3 is 2.74 bits per heavy atom. The van der Waals surface area contributed by atoms with Crippen molar-refractivity contribution in [2.75, 3.05) is 13.1 Å². The number of hydrogen-bond acceptors (Lipinski definition) is 4. The molecule has 0 aliphatic heterocycles. The van der Waals surface area contributed by atoms with Gasteiger partial charge in [-0.1, -0.05) is 5.92 Å². The van der Waals surface area contributed by atoms with Gasteiger partial charge in [0.2, 0.25) is 10.0 Å². The molecule has 1 fully saturated rings. The van der Waals surface area contributed by atoms with Gasteiger partial charge in [-0.15, -0.1) is 6.42 Å². The summed E-state index contributed by atoms with van der Waals surface area (Å²) < 4.78 is 31.8. The number of nitrogens with zero attached hydrogens (tertiary/aromatic N) is 1. The lowest BCUT2D eigenvalue weighted by atomic mass is 10.4. The highest BCUT2D eigenvalue weighted by Crippen LogP contribution is 2.32. The number of nitrogens with two attached hydrogens (primary N) is 1. The molecule has 2 rings (SSSR count). The summed E-state index contributed by atoms with van der Waals surface area (Å²) in [5.74, 6) is 3.66. The number of rotatable bonds is 6. The minimum atomic E-state index is -3.60. The van der Waals surface area contributed by atoms with Crippen LogP contribution >= 0.6 is 0 Å². The Bertz CT molecular complexity index is 594. The van der Waals surface area contributed by atoms with E-state index in [1.807, 2.05) is 0 Å². The van der Waals surface area contributed by atoms with Crippen molar-refractivity contribution in [2.45, 2.75) is 31.2 Å². The average Bonchev–Trinajstić information content (AvgIpc) is 3.09. The van der Waals surface area contributed by atoms with Crippen molar-refractivity contribution in [3.8, 4) is 12.3 Å². The first-order valence-corrected chi connectivity index (χ1v) is 7.66. The maximum atomic E-state index is 12.6. The molecule has 0 atom stereocenters. The highest BCUT2D eigenvalue weighted by atomic mass is 32.2. The highest BCUT2D eigenvalue weighted by molar-refractivity contribution is 7.89. The zero-order valence-corrected chi connectivity index (χ0v) is 11.7. The molecule has 1 aromatic heterocycles. The second-order valence-electron chi connectivity index (χ2n) is 4.78. The second kappa shape index (κ2) is 5.37. The molecule has 0 unspecified atom stereocenters. The summed E-state index contributed by atoms with van der Waals surface area (Å²) >= 11 is 0. The van der Waals surface area contributed by atoms with Gasteiger partial charge in [-0.3, -0.25) is 0 Å². The Hall–Kier alpha value is -1.29. The molecular formula is C13H18N2O3S. The molecule has 1 saturated carbocycles. The van der Waals surface area contributed by atoms with Gasteiger partial charge in [0.15, 0.2) is 0 Å². The molecule has 0 radical (unpaired) electrons. The normalized spacial score (nSPS) is 15.7. The summed E-state index contributed by atoms with van der Waals surface area (Å²) in [6.45, 7) is 2.36. The third-order valence-electron chi connectivity index (χ3n) is 3.17. The van der Waals surface area contributed by atoms with Gasteiger partial charge in [0, 0.05) is 12.6 Å². The molecule has 2 N–H and O–H groups in total. The number of aryl methyl sites for hydroxylation is 1. The van der Waals surface area contributed by atoms with Gasteiger partial charge in [0.1, 0.15) is 16.4 Å². The van der Waals surface area contributed by atoms with Crippen molar-refractivity contribution in [1.82, 2.24) is 4.31 Å². The number of furan rings is 1. The molecule has 0 bridgehead atoms. The summed E-state index contributed by atoms with van der Waals surface area (Å²) in [5.41, 5.74) is 5.47. The van der Waals surface area contributed by atoms with E-state index in [1.165, 1.54) is 10.4 Å². The van der Waals surface area contributed by atoms with Gasteiger partial charge in [0.25, 0.3) is 0 Å². The molecule has 0 amide bonds. The van der Waals surface area contributed by atoms with Crippen molar-refractivity contribution < 1.29 is 12.8 Å². The van der Waals surface area contributed by atoms with Crippen LogP contribution < -0.4 is 5.73 Å². The van der Waals surface area contributed by atoms with Gasteiger partial charge >= 0.3 is 0 Å². The van der Waals surface area contributed by atoms with Gasteiger partial charge in [-0.2, -0.15) is 4.31 Å². The van der Waals surface area contributed by atoms with Crippen LogP contribution in [0.5, 0.6) is 0 Å². The fraction of sp³-hybridized carbons (Fsp3) is 0.538. The van der Waals surface area contributed by atoms with Crippen LogP contribution in [-0.2, 0) is 16.6 Å². The molecule has 104 valence electrons. The van der Waals surface area contributed by atoms with E-state index in [0.29, 0.717) is 24.0 Å².